The fraction of sp³-hybridized carbons (Fsp3) is 0.133. The van der Waals surface area contributed by atoms with Gasteiger partial charge in [-0.25, -0.2) is 4.98 Å². The lowest BCUT2D eigenvalue weighted by Gasteiger charge is -2.06. The number of nitrogens with one attached hydrogen (secondary N) is 1. The Labute approximate surface area is 125 Å². The van der Waals surface area contributed by atoms with Gasteiger partial charge in [-0.05, 0) is 24.3 Å². The molecule has 0 fully saturated rings. The topological polar surface area (TPSA) is 64.1 Å². The third-order valence-electron chi connectivity index (χ3n) is 2.99. The van der Waals surface area contributed by atoms with Crippen LogP contribution < -0.4 is 5.32 Å². The summed E-state index contributed by atoms with van der Waals surface area (Å²) in [4.78, 5) is 19.9. The molecule has 0 radical (unpaired) electrons. The van der Waals surface area contributed by atoms with E-state index < -0.39 is 0 Å². The number of esters is 1. The van der Waals surface area contributed by atoms with Crippen molar-refractivity contribution in [3.63, 3.8) is 0 Å². The van der Waals surface area contributed by atoms with Crippen LogP contribution in [0, 0.1) is 0 Å². The van der Waals surface area contributed by atoms with Gasteiger partial charge >= 0.3 is 5.97 Å². The van der Waals surface area contributed by atoms with Crippen LogP contribution in [-0.4, -0.2) is 23.0 Å². The van der Waals surface area contributed by atoms with Crippen LogP contribution in [0.5, 0.6) is 0 Å². The second-order valence-electron chi connectivity index (χ2n) is 4.40. The molecular formula is C15H13N3O2S. The molecule has 0 saturated carbocycles. The van der Waals surface area contributed by atoms with Gasteiger partial charge in [0.05, 0.1) is 24.7 Å². The second kappa shape index (κ2) is 5.88. The zero-order valence-corrected chi connectivity index (χ0v) is 12.2. The van der Waals surface area contributed by atoms with E-state index in [1.807, 2.05) is 35.7 Å². The predicted molar refractivity (Wildman–Crippen MR) is 82.9 cm³/mol. The van der Waals surface area contributed by atoms with E-state index >= 15 is 0 Å². The first-order chi connectivity index (χ1) is 10.3. The maximum atomic E-state index is 11.2. The number of methoxy groups -OCH3 is 1. The Morgan fingerprint density at radius 2 is 2.24 bits per heavy atom. The van der Waals surface area contributed by atoms with Gasteiger partial charge in [0, 0.05) is 22.7 Å². The molecule has 3 rings (SSSR count). The second-order valence-corrected chi connectivity index (χ2v) is 5.26. The average Bonchev–Trinajstić information content (AvgIpc) is 2.94. The number of benzene rings is 1. The first-order valence-corrected chi connectivity index (χ1v) is 7.26. The van der Waals surface area contributed by atoms with E-state index in [1.165, 1.54) is 18.4 Å². The van der Waals surface area contributed by atoms with Crippen LogP contribution in [0.4, 0.5) is 10.8 Å². The maximum Gasteiger partial charge on any atom is 0.311 e. The number of ether oxygens (including phenoxy) is 1. The van der Waals surface area contributed by atoms with Crippen molar-refractivity contribution in [1.29, 1.82) is 0 Å². The number of carbonyl (C=O) groups excluding carboxylic acids is 1. The van der Waals surface area contributed by atoms with Gasteiger partial charge in [-0.2, -0.15) is 0 Å². The summed E-state index contributed by atoms with van der Waals surface area (Å²) < 4.78 is 4.64. The molecule has 0 bridgehead atoms. The molecule has 1 aromatic carbocycles. The third-order valence-corrected chi connectivity index (χ3v) is 3.80. The van der Waals surface area contributed by atoms with Crippen LogP contribution in [0.1, 0.15) is 5.69 Å². The summed E-state index contributed by atoms with van der Waals surface area (Å²) in [5.74, 6) is -0.291. The van der Waals surface area contributed by atoms with Crippen molar-refractivity contribution in [3.8, 4) is 0 Å². The number of anilines is 2. The number of rotatable bonds is 4. The van der Waals surface area contributed by atoms with Crippen molar-refractivity contribution in [2.24, 2.45) is 0 Å². The highest BCUT2D eigenvalue weighted by Gasteiger charge is 2.09. The number of thiazole rings is 1. The quantitative estimate of drug-likeness (QED) is 0.750. The van der Waals surface area contributed by atoms with E-state index in [-0.39, 0.29) is 12.4 Å². The molecule has 6 heteroatoms. The van der Waals surface area contributed by atoms with Crippen LogP contribution in [0.2, 0.25) is 0 Å². The van der Waals surface area contributed by atoms with Crippen LogP contribution >= 0.6 is 11.3 Å². The first kappa shape index (κ1) is 13.5. The standard InChI is InChI=1S/C15H13N3O2S/c1-20-14(19)8-10-9-21-15(17-10)18-13-6-2-5-12-11(13)4-3-7-16-12/h2-7,9H,8H2,1H3,(H,17,18). The summed E-state index contributed by atoms with van der Waals surface area (Å²) in [6, 6.07) is 9.79. The van der Waals surface area contributed by atoms with Gasteiger partial charge < -0.3 is 10.1 Å². The van der Waals surface area contributed by atoms with Crippen molar-refractivity contribution >= 4 is 39.0 Å². The normalized spacial score (nSPS) is 10.5. The molecule has 1 N–H and O–H groups in total. The molecule has 2 heterocycles. The van der Waals surface area contributed by atoms with Gasteiger partial charge in [0.1, 0.15) is 0 Å². The van der Waals surface area contributed by atoms with E-state index in [1.54, 1.807) is 6.20 Å². The van der Waals surface area contributed by atoms with Gasteiger partial charge in [-0.3, -0.25) is 9.78 Å². The lowest BCUT2D eigenvalue weighted by molar-refractivity contribution is -0.139. The van der Waals surface area contributed by atoms with Gasteiger partial charge in [-0.15, -0.1) is 11.3 Å². The Morgan fingerprint density at radius 3 is 3.10 bits per heavy atom. The number of aromatic nitrogens is 2. The van der Waals surface area contributed by atoms with Crippen molar-refractivity contribution in [2.45, 2.75) is 6.42 Å². The molecule has 0 saturated heterocycles. The Morgan fingerprint density at radius 1 is 1.33 bits per heavy atom. The number of nitrogens with zero attached hydrogens (tertiary/aromatic N) is 2. The number of hydrogen-bond acceptors (Lipinski definition) is 6. The monoisotopic (exact) mass is 299 g/mol. The fourth-order valence-electron chi connectivity index (χ4n) is 1.99. The molecular weight excluding hydrogens is 286 g/mol. The van der Waals surface area contributed by atoms with Crippen LogP contribution in [0.15, 0.2) is 41.9 Å². The highest BCUT2D eigenvalue weighted by Crippen LogP contribution is 2.27. The van der Waals surface area contributed by atoms with Crippen LogP contribution in [0.3, 0.4) is 0 Å². The molecule has 0 unspecified atom stereocenters. The molecule has 0 amide bonds. The summed E-state index contributed by atoms with van der Waals surface area (Å²) >= 11 is 1.46. The molecule has 0 aliphatic carbocycles. The Hall–Kier alpha value is -2.47. The molecule has 2 aromatic heterocycles. The van der Waals surface area contributed by atoms with Crippen molar-refractivity contribution in [2.75, 3.05) is 12.4 Å². The molecule has 0 aliphatic heterocycles. The minimum atomic E-state index is -0.291. The SMILES string of the molecule is COC(=O)Cc1csc(Nc2cccc3ncccc23)n1. The zero-order chi connectivity index (χ0) is 14.7. The Kier molecular flexibility index (Phi) is 3.79. The van der Waals surface area contributed by atoms with Crippen LogP contribution in [0.25, 0.3) is 10.9 Å². The molecule has 3 aromatic rings. The third kappa shape index (κ3) is 3.00. The first-order valence-electron chi connectivity index (χ1n) is 6.38. The van der Waals surface area contributed by atoms with Gasteiger partial charge in [0.15, 0.2) is 5.13 Å². The lowest BCUT2D eigenvalue weighted by Crippen LogP contribution is -2.04. The molecule has 21 heavy (non-hydrogen) atoms. The summed E-state index contributed by atoms with van der Waals surface area (Å²) in [5, 5.41) is 6.90. The van der Waals surface area contributed by atoms with E-state index in [4.69, 9.17) is 0 Å². The van der Waals surface area contributed by atoms with Gasteiger partial charge in [0.25, 0.3) is 0 Å². The highest BCUT2D eigenvalue weighted by atomic mass is 32.1. The summed E-state index contributed by atoms with van der Waals surface area (Å²) in [6.45, 7) is 0. The summed E-state index contributed by atoms with van der Waals surface area (Å²) in [5.41, 5.74) is 2.57. The highest BCUT2D eigenvalue weighted by molar-refractivity contribution is 7.13. The number of pyridine rings is 1. The minimum Gasteiger partial charge on any atom is -0.469 e. The molecule has 106 valence electrons. The van der Waals surface area contributed by atoms with E-state index in [0.717, 1.165) is 21.7 Å². The largest absolute Gasteiger partial charge is 0.469 e. The number of hydrogen-bond donors (Lipinski definition) is 1. The van der Waals surface area contributed by atoms with Gasteiger partial charge in [-0.1, -0.05) is 6.07 Å². The minimum absolute atomic E-state index is 0.186. The van der Waals surface area contributed by atoms with Crippen molar-refractivity contribution < 1.29 is 9.53 Å². The number of fused-ring (bicyclic) bond motifs is 1. The smallest absolute Gasteiger partial charge is 0.311 e. The average molecular weight is 299 g/mol. The van der Waals surface area contributed by atoms with Crippen LogP contribution in [-0.2, 0) is 16.0 Å². The molecule has 5 nitrogen and oxygen atoms in total. The molecule has 0 aliphatic rings. The Balaban J connectivity index is 1.84. The summed E-state index contributed by atoms with van der Waals surface area (Å²) in [6.07, 6.45) is 1.95. The Bertz CT molecular complexity index is 780. The van der Waals surface area contributed by atoms with E-state index in [9.17, 15) is 4.79 Å². The van der Waals surface area contributed by atoms with E-state index in [0.29, 0.717) is 5.69 Å². The summed E-state index contributed by atoms with van der Waals surface area (Å²) in [7, 11) is 1.37. The maximum absolute atomic E-state index is 11.2. The van der Waals surface area contributed by atoms with E-state index in [2.05, 4.69) is 20.0 Å². The number of carbonyl (C=O) groups is 1. The zero-order valence-electron chi connectivity index (χ0n) is 11.4. The fourth-order valence-corrected chi connectivity index (χ4v) is 2.72. The van der Waals surface area contributed by atoms with Crippen molar-refractivity contribution in [1.82, 2.24) is 9.97 Å². The molecule has 0 spiro atoms. The lowest BCUT2D eigenvalue weighted by atomic mass is 10.2. The van der Waals surface area contributed by atoms with Crippen molar-refractivity contribution in [3.05, 3.63) is 47.6 Å². The molecule has 0 atom stereocenters. The van der Waals surface area contributed by atoms with Gasteiger partial charge in [0.2, 0.25) is 0 Å². The predicted octanol–water partition coefficient (Wildman–Crippen LogP) is 3.15.